The van der Waals surface area contributed by atoms with Crippen LogP contribution < -0.4 is 16.0 Å². The summed E-state index contributed by atoms with van der Waals surface area (Å²) >= 11 is 6.67. The van der Waals surface area contributed by atoms with Gasteiger partial charge in [-0.25, -0.2) is 14.8 Å². The molecular weight excluding hydrogens is 600 g/mol. The van der Waals surface area contributed by atoms with E-state index in [9.17, 15) is 9.59 Å². The van der Waals surface area contributed by atoms with Crippen LogP contribution in [0.4, 0.5) is 22.1 Å². The fourth-order valence-electron chi connectivity index (χ4n) is 5.81. The minimum Gasteiger partial charge on any atom is -0.444 e. The molecule has 1 fully saturated rings. The monoisotopic (exact) mass is 636 g/mol. The van der Waals surface area contributed by atoms with Gasteiger partial charge in [0.25, 0.3) is 0 Å². The maximum Gasteiger partial charge on any atom is 0.407 e. The summed E-state index contributed by atoms with van der Waals surface area (Å²) in [5, 5.41) is 10.7. The number of anilines is 3. The van der Waals surface area contributed by atoms with E-state index in [4.69, 9.17) is 21.3 Å². The second-order valence-electron chi connectivity index (χ2n) is 12.5. The number of hydrogen-bond donors (Lipinski definition) is 3. The number of carbonyl (C=O) groups excluding carboxylic acids is 2. The first kappa shape index (κ1) is 31.1. The lowest BCUT2D eigenvalue weighted by Gasteiger charge is -2.29. The van der Waals surface area contributed by atoms with Gasteiger partial charge in [0.1, 0.15) is 5.60 Å². The first-order valence-corrected chi connectivity index (χ1v) is 15.9. The Hall–Kier alpha value is -4.89. The summed E-state index contributed by atoms with van der Waals surface area (Å²) in [6.45, 7) is 5.52. The Morgan fingerprint density at radius 1 is 0.913 bits per heavy atom. The minimum atomic E-state index is -0.545. The normalized spacial score (nSPS) is 16.5. The minimum absolute atomic E-state index is 0.00517. The topological polar surface area (TPSA) is 110 Å². The lowest BCUT2D eigenvalue weighted by atomic mass is 9.85. The lowest BCUT2D eigenvalue weighted by molar-refractivity contribution is -0.120. The highest BCUT2D eigenvalue weighted by atomic mass is 35.5. The molecule has 2 aromatic heterocycles. The molecule has 0 aliphatic heterocycles. The molecule has 0 unspecified atom stereocenters. The van der Waals surface area contributed by atoms with Crippen molar-refractivity contribution >= 4 is 51.8 Å². The van der Waals surface area contributed by atoms with Crippen molar-refractivity contribution in [2.45, 2.75) is 58.1 Å². The number of carbonyl (C=O) groups is 2. The Labute approximate surface area is 273 Å². The third-order valence-corrected chi connectivity index (χ3v) is 8.23. The van der Waals surface area contributed by atoms with E-state index >= 15 is 0 Å². The van der Waals surface area contributed by atoms with Crippen LogP contribution in [0.15, 0.2) is 91.3 Å². The van der Waals surface area contributed by atoms with Crippen LogP contribution in [0.5, 0.6) is 0 Å². The SMILES string of the molecule is CC(C)(C)OC(=O)NC1CCC(C(=O)Nc2cccc(Nc3ncc(Cl)c(-c4cn(-c5ccccc5)c5ccccc45)n3)c2)CC1. The lowest BCUT2D eigenvalue weighted by Crippen LogP contribution is -2.42. The summed E-state index contributed by atoms with van der Waals surface area (Å²) < 4.78 is 7.50. The number of para-hydroxylation sites is 2. The van der Waals surface area contributed by atoms with Crippen molar-refractivity contribution in [3.8, 4) is 16.9 Å². The molecule has 236 valence electrons. The van der Waals surface area contributed by atoms with Gasteiger partial charge >= 0.3 is 6.09 Å². The smallest absolute Gasteiger partial charge is 0.407 e. The molecule has 0 saturated heterocycles. The van der Waals surface area contributed by atoms with Crippen LogP contribution in [-0.2, 0) is 9.53 Å². The Bertz CT molecular complexity index is 1860. The first-order valence-electron chi connectivity index (χ1n) is 15.5. The van der Waals surface area contributed by atoms with E-state index in [1.54, 1.807) is 6.20 Å². The summed E-state index contributed by atoms with van der Waals surface area (Å²) in [6, 6.07) is 25.8. The summed E-state index contributed by atoms with van der Waals surface area (Å²) in [5.74, 6) is 0.219. The fourth-order valence-corrected chi connectivity index (χ4v) is 6.00. The average Bonchev–Trinajstić information content (AvgIpc) is 3.41. The van der Waals surface area contributed by atoms with Crippen molar-refractivity contribution in [1.82, 2.24) is 19.9 Å². The number of benzene rings is 3. The molecule has 1 aliphatic rings. The number of fused-ring (bicyclic) bond motifs is 1. The van der Waals surface area contributed by atoms with Crippen LogP contribution in [0.1, 0.15) is 46.5 Å². The van der Waals surface area contributed by atoms with Crippen LogP contribution in [0, 0.1) is 5.92 Å². The van der Waals surface area contributed by atoms with Crippen LogP contribution in [0.3, 0.4) is 0 Å². The summed E-state index contributed by atoms with van der Waals surface area (Å²) in [7, 11) is 0. The molecule has 3 aromatic carbocycles. The average molecular weight is 637 g/mol. The number of rotatable bonds is 7. The van der Waals surface area contributed by atoms with Crippen LogP contribution in [0.2, 0.25) is 5.02 Å². The molecule has 2 amide bonds. The molecule has 10 heteroatoms. The van der Waals surface area contributed by atoms with Gasteiger partial charge in [0.05, 0.1) is 22.4 Å². The number of aromatic nitrogens is 3. The highest BCUT2D eigenvalue weighted by molar-refractivity contribution is 6.33. The van der Waals surface area contributed by atoms with E-state index in [2.05, 4.69) is 56.0 Å². The molecule has 0 atom stereocenters. The van der Waals surface area contributed by atoms with Gasteiger partial charge in [-0.05, 0) is 82.9 Å². The van der Waals surface area contributed by atoms with E-state index in [0.717, 1.165) is 40.7 Å². The first-order chi connectivity index (χ1) is 22.1. The van der Waals surface area contributed by atoms with E-state index < -0.39 is 11.7 Å². The van der Waals surface area contributed by atoms with Crippen molar-refractivity contribution in [2.75, 3.05) is 10.6 Å². The molecule has 2 heterocycles. The Balaban J connectivity index is 1.13. The van der Waals surface area contributed by atoms with Gasteiger partial charge in [0.15, 0.2) is 0 Å². The summed E-state index contributed by atoms with van der Waals surface area (Å²) in [4.78, 5) is 34.5. The number of ether oxygens (including phenoxy) is 1. The second-order valence-corrected chi connectivity index (χ2v) is 13.0. The molecule has 9 nitrogen and oxygen atoms in total. The van der Waals surface area contributed by atoms with Crippen molar-refractivity contribution in [2.24, 2.45) is 5.92 Å². The Morgan fingerprint density at radius 3 is 2.39 bits per heavy atom. The predicted molar refractivity (Wildman–Crippen MR) is 183 cm³/mol. The van der Waals surface area contributed by atoms with Gasteiger partial charge in [-0.15, -0.1) is 0 Å². The third kappa shape index (κ3) is 7.32. The third-order valence-electron chi connectivity index (χ3n) is 7.95. The predicted octanol–water partition coefficient (Wildman–Crippen LogP) is 8.51. The Morgan fingerprint density at radius 2 is 1.63 bits per heavy atom. The van der Waals surface area contributed by atoms with Gasteiger partial charge in [0.2, 0.25) is 11.9 Å². The molecule has 5 aromatic rings. The molecule has 0 bridgehead atoms. The summed E-state index contributed by atoms with van der Waals surface area (Å²) in [6.07, 6.45) is 6.05. The largest absolute Gasteiger partial charge is 0.444 e. The molecule has 0 spiro atoms. The molecular formula is C36H37ClN6O3. The van der Waals surface area contributed by atoms with E-state index in [1.807, 2.05) is 75.4 Å². The molecule has 6 rings (SSSR count). The Kier molecular flexibility index (Phi) is 8.94. The zero-order chi connectivity index (χ0) is 32.3. The van der Waals surface area contributed by atoms with Gasteiger partial charge in [0, 0.05) is 46.2 Å². The van der Waals surface area contributed by atoms with E-state index in [-0.39, 0.29) is 17.9 Å². The van der Waals surface area contributed by atoms with Crippen LogP contribution >= 0.6 is 11.6 Å². The van der Waals surface area contributed by atoms with E-state index in [0.29, 0.717) is 35.2 Å². The zero-order valence-electron chi connectivity index (χ0n) is 26.1. The highest BCUT2D eigenvalue weighted by Gasteiger charge is 2.28. The highest BCUT2D eigenvalue weighted by Crippen LogP contribution is 2.36. The number of alkyl carbamates (subject to hydrolysis) is 1. The maximum atomic E-state index is 13.1. The van der Waals surface area contributed by atoms with Crippen molar-refractivity contribution in [3.63, 3.8) is 0 Å². The number of amides is 2. The van der Waals surface area contributed by atoms with Gasteiger partial charge < -0.3 is 25.3 Å². The zero-order valence-corrected chi connectivity index (χ0v) is 26.8. The van der Waals surface area contributed by atoms with E-state index in [1.165, 1.54) is 0 Å². The number of nitrogens with zero attached hydrogens (tertiary/aromatic N) is 3. The summed E-state index contributed by atoms with van der Waals surface area (Å²) in [5.41, 5.74) is 4.45. The maximum absolute atomic E-state index is 13.1. The standard InChI is InChI=1S/C36H37ClN6O3/c1-36(2,3)46-35(45)41-24-18-16-23(17-19-24)33(44)39-25-10-9-11-26(20-25)40-34-38-21-30(37)32(42-34)29-22-43(27-12-5-4-6-13-27)31-15-8-7-14-28(29)31/h4-15,20-24H,16-19H2,1-3H3,(H,39,44)(H,41,45)(H,38,40,42). The molecule has 3 N–H and O–H groups in total. The van der Waals surface area contributed by atoms with Crippen molar-refractivity contribution in [3.05, 3.63) is 96.3 Å². The van der Waals surface area contributed by atoms with Crippen molar-refractivity contribution < 1.29 is 14.3 Å². The number of nitrogens with one attached hydrogen (secondary N) is 3. The van der Waals surface area contributed by atoms with Crippen molar-refractivity contribution in [1.29, 1.82) is 0 Å². The number of halogens is 1. The molecule has 46 heavy (non-hydrogen) atoms. The molecule has 0 radical (unpaired) electrons. The van der Waals surface area contributed by atoms with Crippen LogP contribution in [0.25, 0.3) is 27.8 Å². The van der Waals surface area contributed by atoms with Crippen LogP contribution in [-0.4, -0.2) is 38.2 Å². The number of hydrogen-bond acceptors (Lipinski definition) is 6. The molecule has 1 saturated carbocycles. The van der Waals surface area contributed by atoms with Gasteiger partial charge in [-0.2, -0.15) is 0 Å². The molecule has 1 aliphatic carbocycles. The fraction of sp³-hybridized carbons (Fsp3) is 0.278. The quantitative estimate of drug-likeness (QED) is 0.165. The van der Waals surface area contributed by atoms with Gasteiger partial charge in [-0.1, -0.05) is 54.1 Å². The van der Waals surface area contributed by atoms with Gasteiger partial charge in [-0.3, -0.25) is 4.79 Å². The second kappa shape index (κ2) is 13.2.